The molecule has 3 atom stereocenters. The molecule has 88 valence electrons. The fraction of sp³-hybridized carbons (Fsp3) is 0.667. The summed E-state index contributed by atoms with van der Waals surface area (Å²) in [5.74, 6) is 2.77. The van der Waals surface area contributed by atoms with Gasteiger partial charge in [-0.1, -0.05) is 0 Å². The van der Waals surface area contributed by atoms with E-state index in [0.29, 0.717) is 6.04 Å². The van der Waals surface area contributed by atoms with E-state index in [1.165, 1.54) is 26.2 Å². The van der Waals surface area contributed by atoms with Gasteiger partial charge in [-0.15, -0.1) is 0 Å². The number of halogens is 1. The van der Waals surface area contributed by atoms with Crippen molar-refractivity contribution in [2.75, 3.05) is 26.2 Å². The Morgan fingerprint density at radius 1 is 1.38 bits per heavy atom. The van der Waals surface area contributed by atoms with Crippen molar-refractivity contribution >= 4 is 15.9 Å². The van der Waals surface area contributed by atoms with Crippen molar-refractivity contribution in [2.24, 2.45) is 11.8 Å². The van der Waals surface area contributed by atoms with Gasteiger partial charge in [-0.25, -0.2) is 0 Å². The van der Waals surface area contributed by atoms with Gasteiger partial charge < -0.3 is 9.73 Å². The third kappa shape index (κ3) is 1.83. The second-order valence-electron chi connectivity index (χ2n) is 4.95. The highest BCUT2D eigenvalue weighted by Crippen LogP contribution is 2.33. The van der Waals surface area contributed by atoms with E-state index in [9.17, 15) is 0 Å². The summed E-state index contributed by atoms with van der Waals surface area (Å²) in [7, 11) is 0. The number of nitrogens with zero attached hydrogens (tertiary/aromatic N) is 1. The number of nitrogens with one attached hydrogen (secondary N) is 1. The number of likely N-dealkylation sites (tertiary alicyclic amines) is 1. The molecule has 1 aromatic heterocycles. The Bertz CT molecular complexity index is 367. The van der Waals surface area contributed by atoms with Crippen LogP contribution >= 0.6 is 15.9 Å². The first-order valence-corrected chi connectivity index (χ1v) is 6.73. The van der Waals surface area contributed by atoms with Gasteiger partial charge in [-0.2, -0.15) is 0 Å². The Morgan fingerprint density at radius 3 is 2.62 bits per heavy atom. The molecule has 4 heteroatoms. The molecule has 0 amide bonds. The van der Waals surface area contributed by atoms with Crippen LogP contribution in [0.1, 0.15) is 18.7 Å². The molecule has 0 aromatic carbocycles. The van der Waals surface area contributed by atoms with Crippen LogP contribution in [0.2, 0.25) is 0 Å². The maximum absolute atomic E-state index is 5.64. The molecule has 0 spiro atoms. The number of rotatable bonds is 2. The fourth-order valence-corrected chi connectivity index (χ4v) is 3.26. The predicted molar refractivity (Wildman–Crippen MR) is 66.2 cm³/mol. The number of furan rings is 1. The largest absolute Gasteiger partial charge is 0.453 e. The zero-order valence-electron chi connectivity index (χ0n) is 9.45. The molecular weight excluding hydrogens is 268 g/mol. The Balaban J connectivity index is 1.70. The molecule has 2 fully saturated rings. The van der Waals surface area contributed by atoms with E-state index in [4.69, 9.17) is 4.42 Å². The molecule has 3 nitrogen and oxygen atoms in total. The van der Waals surface area contributed by atoms with Gasteiger partial charge in [0.2, 0.25) is 0 Å². The van der Waals surface area contributed by atoms with Gasteiger partial charge in [0.05, 0.1) is 6.04 Å². The van der Waals surface area contributed by atoms with Crippen molar-refractivity contribution in [3.63, 3.8) is 0 Å². The van der Waals surface area contributed by atoms with Crippen molar-refractivity contribution < 1.29 is 4.42 Å². The molecule has 1 unspecified atom stereocenters. The van der Waals surface area contributed by atoms with Crippen molar-refractivity contribution in [3.05, 3.63) is 22.6 Å². The molecule has 16 heavy (non-hydrogen) atoms. The molecule has 3 rings (SSSR count). The lowest BCUT2D eigenvalue weighted by molar-refractivity contribution is 0.214. The van der Waals surface area contributed by atoms with Gasteiger partial charge in [0.1, 0.15) is 5.76 Å². The van der Waals surface area contributed by atoms with Crippen molar-refractivity contribution in [3.8, 4) is 0 Å². The van der Waals surface area contributed by atoms with E-state index in [0.717, 1.165) is 22.3 Å². The summed E-state index contributed by atoms with van der Waals surface area (Å²) in [6.45, 7) is 7.03. The Hall–Kier alpha value is -0.320. The highest BCUT2D eigenvalue weighted by molar-refractivity contribution is 9.10. The summed E-state index contributed by atoms with van der Waals surface area (Å²) in [4.78, 5) is 2.54. The maximum Gasteiger partial charge on any atom is 0.169 e. The van der Waals surface area contributed by atoms with Gasteiger partial charge in [0.25, 0.3) is 0 Å². The summed E-state index contributed by atoms with van der Waals surface area (Å²) in [5, 5.41) is 3.47. The molecular formula is C12H17BrN2O. The summed E-state index contributed by atoms with van der Waals surface area (Å²) in [6, 6.07) is 4.45. The van der Waals surface area contributed by atoms with Crippen LogP contribution in [0.5, 0.6) is 0 Å². The van der Waals surface area contributed by atoms with Gasteiger partial charge in [0, 0.05) is 13.1 Å². The van der Waals surface area contributed by atoms with E-state index >= 15 is 0 Å². The van der Waals surface area contributed by atoms with Gasteiger partial charge in [0.15, 0.2) is 4.67 Å². The fourth-order valence-electron chi connectivity index (χ4n) is 2.94. The minimum atomic E-state index is 0.400. The van der Waals surface area contributed by atoms with Crippen LogP contribution in [-0.2, 0) is 0 Å². The average molecular weight is 285 g/mol. The summed E-state index contributed by atoms with van der Waals surface area (Å²) in [5.41, 5.74) is 0. The van der Waals surface area contributed by atoms with Crippen LogP contribution in [0, 0.1) is 11.8 Å². The van der Waals surface area contributed by atoms with Gasteiger partial charge in [-0.3, -0.25) is 4.90 Å². The molecule has 0 saturated carbocycles. The second-order valence-corrected chi connectivity index (χ2v) is 5.73. The lowest BCUT2D eigenvalue weighted by Crippen LogP contribution is -2.28. The molecule has 0 radical (unpaired) electrons. The van der Waals surface area contributed by atoms with Gasteiger partial charge in [-0.05, 0) is 59.9 Å². The molecule has 2 aliphatic rings. The number of fused-ring (bicyclic) bond motifs is 1. The third-order valence-corrected chi connectivity index (χ3v) is 4.40. The van der Waals surface area contributed by atoms with Crippen LogP contribution in [0.3, 0.4) is 0 Å². The molecule has 0 aliphatic carbocycles. The monoisotopic (exact) mass is 284 g/mol. The maximum atomic E-state index is 5.64. The van der Waals surface area contributed by atoms with Gasteiger partial charge >= 0.3 is 0 Å². The average Bonchev–Trinajstić information content (AvgIpc) is 2.89. The number of hydrogen-bond acceptors (Lipinski definition) is 3. The lowest BCUT2D eigenvalue weighted by atomic mass is 10.0. The second kappa shape index (κ2) is 4.17. The topological polar surface area (TPSA) is 28.4 Å². The van der Waals surface area contributed by atoms with E-state index in [1.54, 1.807) is 0 Å². The van der Waals surface area contributed by atoms with Crippen molar-refractivity contribution in [2.45, 2.75) is 13.0 Å². The number of hydrogen-bond donors (Lipinski definition) is 1. The smallest absolute Gasteiger partial charge is 0.169 e. The van der Waals surface area contributed by atoms with E-state index in [2.05, 4.69) is 39.1 Å². The van der Waals surface area contributed by atoms with Crippen molar-refractivity contribution in [1.29, 1.82) is 0 Å². The summed E-state index contributed by atoms with van der Waals surface area (Å²) in [6.07, 6.45) is 0. The van der Waals surface area contributed by atoms with E-state index in [1.807, 2.05) is 6.07 Å². The third-order valence-electron chi connectivity index (χ3n) is 3.97. The van der Waals surface area contributed by atoms with Crippen LogP contribution in [0.25, 0.3) is 0 Å². The molecule has 2 saturated heterocycles. The predicted octanol–water partition coefficient (Wildman–Crippen LogP) is 2.25. The van der Waals surface area contributed by atoms with Crippen LogP contribution in [0.15, 0.2) is 21.2 Å². The Kier molecular flexibility index (Phi) is 2.81. The first-order chi connectivity index (χ1) is 7.74. The molecule has 0 bridgehead atoms. The van der Waals surface area contributed by atoms with Crippen LogP contribution < -0.4 is 5.32 Å². The van der Waals surface area contributed by atoms with Crippen LogP contribution in [0.4, 0.5) is 0 Å². The Labute approximate surface area is 104 Å². The van der Waals surface area contributed by atoms with E-state index < -0.39 is 0 Å². The molecule has 1 aromatic rings. The standard InChI is InChI=1S/C12H17BrN2O/c1-8(11-2-3-12(13)16-11)15-6-9-4-14-5-10(9)7-15/h2-3,8-10,14H,4-7H2,1H3/t8?,9-,10+. The quantitative estimate of drug-likeness (QED) is 0.903. The molecule has 3 heterocycles. The summed E-state index contributed by atoms with van der Waals surface area (Å²) >= 11 is 3.36. The summed E-state index contributed by atoms with van der Waals surface area (Å²) < 4.78 is 6.47. The Morgan fingerprint density at radius 2 is 2.06 bits per heavy atom. The zero-order chi connectivity index (χ0) is 11.1. The first-order valence-electron chi connectivity index (χ1n) is 5.94. The van der Waals surface area contributed by atoms with Crippen LogP contribution in [-0.4, -0.2) is 31.1 Å². The minimum Gasteiger partial charge on any atom is -0.453 e. The molecule has 1 N–H and O–H groups in total. The van der Waals surface area contributed by atoms with Crippen molar-refractivity contribution in [1.82, 2.24) is 10.2 Å². The zero-order valence-corrected chi connectivity index (χ0v) is 11.0. The molecule has 2 aliphatic heterocycles. The highest BCUT2D eigenvalue weighted by atomic mass is 79.9. The van der Waals surface area contributed by atoms with E-state index in [-0.39, 0.29) is 0 Å². The first kappa shape index (κ1) is 10.8. The minimum absolute atomic E-state index is 0.400. The highest BCUT2D eigenvalue weighted by Gasteiger charge is 2.38. The normalized spacial score (nSPS) is 31.9. The lowest BCUT2D eigenvalue weighted by Gasteiger charge is -2.23. The SMILES string of the molecule is CC(c1ccc(Br)o1)N1C[C@H]2CNC[C@H]2C1.